The van der Waals surface area contributed by atoms with Crippen LogP contribution in [0.4, 0.5) is 0 Å². The highest BCUT2D eigenvalue weighted by molar-refractivity contribution is 5.95. The van der Waals surface area contributed by atoms with Gasteiger partial charge in [0.1, 0.15) is 0 Å². The van der Waals surface area contributed by atoms with Crippen molar-refractivity contribution in [2.45, 2.75) is 13.8 Å². The van der Waals surface area contributed by atoms with Crippen LogP contribution in [-0.4, -0.2) is 24.2 Å². The van der Waals surface area contributed by atoms with Gasteiger partial charge in [-0.15, -0.1) is 0 Å². The summed E-state index contributed by atoms with van der Waals surface area (Å²) in [5, 5.41) is 8.43. The molecule has 0 fully saturated rings. The lowest BCUT2D eigenvalue weighted by molar-refractivity contribution is -0.135. The fraction of sp³-hybridized carbons (Fsp3) is 0.333. The van der Waals surface area contributed by atoms with Crippen molar-refractivity contribution in [1.29, 1.82) is 0 Å². The van der Waals surface area contributed by atoms with Gasteiger partial charge in [-0.25, -0.2) is 9.59 Å². The van der Waals surface area contributed by atoms with Gasteiger partial charge in [-0.1, -0.05) is 6.08 Å². The predicted molar refractivity (Wildman–Crippen MR) is 47.2 cm³/mol. The van der Waals surface area contributed by atoms with Crippen molar-refractivity contribution in [2.24, 2.45) is 0 Å². The Morgan fingerprint density at radius 3 is 2.23 bits per heavy atom. The summed E-state index contributed by atoms with van der Waals surface area (Å²) in [6.45, 7) is 3.19. The molecule has 0 aliphatic carbocycles. The van der Waals surface area contributed by atoms with Gasteiger partial charge in [0.15, 0.2) is 0 Å². The number of aliphatic carboxylic acids is 1. The summed E-state index contributed by atoms with van der Waals surface area (Å²) in [7, 11) is 1.25. The Kier molecular flexibility index (Phi) is 4.51. The van der Waals surface area contributed by atoms with Gasteiger partial charge in [0.05, 0.1) is 12.7 Å². The molecule has 4 heteroatoms. The highest BCUT2D eigenvalue weighted by Gasteiger charge is 2.10. The highest BCUT2D eigenvalue weighted by Crippen LogP contribution is 2.10. The topological polar surface area (TPSA) is 63.6 Å². The largest absolute Gasteiger partial charge is 0.478 e. The molecule has 0 bridgehead atoms. The first kappa shape index (κ1) is 11.4. The monoisotopic (exact) mass is 184 g/mol. The van der Waals surface area contributed by atoms with Crippen LogP contribution >= 0.6 is 0 Å². The van der Waals surface area contributed by atoms with Crippen LogP contribution in [0.15, 0.2) is 23.3 Å². The molecule has 0 rings (SSSR count). The number of carbonyl (C=O) groups excluding carboxylic acids is 1. The Morgan fingerprint density at radius 2 is 1.92 bits per heavy atom. The lowest BCUT2D eigenvalue weighted by Crippen LogP contribution is -2.06. The highest BCUT2D eigenvalue weighted by atomic mass is 16.5. The van der Waals surface area contributed by atoms with Crippen LogP contribution in [0.2, 0.25) is 0 Å². The molecule has 4 nitrogen and oxygen atoms in total. The van der Waals surface area contributed by atoms with Gasteiger partial charge >= 0.3 is 11.9 Å². The second-order valence-electron chi connectivity index (χ2n) is 2.36. The van der Waals surface area contributed by atoms with Gasteiger partial charge < -0.3 is 9.84 Å². The molecule has 0 saturated carbocycles. The van der Waals surface area contributed by atoms with Gasteiger partial charge in [0, 0.05) is 6.08 Å². The summed E-state index contributed by atoms with van der Waals surface area (Å²) in [4.78, 5) is 21.3. The standard InChI is InChI=1S/C9H12O4/c1-4-7(9(12)13-3)6(2)5-8(10)11/h4-5H,1-3H3,(H,10,11)/b6-5+,7-4+. The van der Waals surface area contributed by atoms with Crippen molar-refractivity contribution in [3.63, 3.8) is 0 Å². The maximum Gasteiger partial charge on any atom is 0.337 e. The molecule has 1 N–H and O–H groups in total. The quantitative estimate of drug-likeness (QED) is 0.406. The average Bonchev–Trinajstić information content (AvgIpc) is 2.03. The van der Waals surface area contributed by atoms with E-state index in [9.17, 15) is 9.59 Å². The van der Waals surface area contributed by atoms with Gasteiger partial charge in [0.2, 0.25) is 0 Å². The van der Waals surface area contributed by atoms with Gasteiger partial charge in [-0.2, -0.15) is 0 Å². The maximum absolute atomic E-state index is 11.0. The van der Waals surface area contributed by atoms with E-state index in [2.05, 4.69) is 4.74 Å². The molecule has 0 aromatic heterocycles. The number of carboxylic acids is 1. The van der Waals surface area contributed by atoms with E-state index < -0.39 is 11.9 Å². The first-order valence-electron chi connectivity index (χ1n) is 3.69. The maximum atomic E-state index is 11.0. The number of rotatable bonds is 3. The number of esters is 1. The second kappa shape index (κ2) is 5.13. The molecule has 0 saturated heterocycles. The smallest absolute Gasteiger partial charge is 0.337 e. The number of hydrogen-bond donors (Lipinski definition) is 1. The third-order valence-corrected chi connectivity index (χ3v) is 1.46. The fourth-order valence-corrected chi connectivity index (χ4v) is 0.879. The van der Waals surface area contributed by atoms with Crippen molar-refractivity contribution >= 4 is 11.9 Å². The van der Waals surface area contributed by atoms with E-state index in [1.54, 1.807) is 13.8 Å². The van der Waals surface area contributed by atoms with E-state index in [1.165, 1.54) is 13.2 Å². The SMILES string of the molecule is C/C=C(C(=O)OC)\C(C)=C\C(=O)O. The number of allylic oxidation sites excluding steroid dienone is 1. The van der Waals surface area contributed by atoms with Crippen LogP contribution < -0.4 is 0 Å². The minimum atomic E-state index is -1.08. The van der Waals surface area contributed by atoms with E-state index in [0.717, 1.165) is 6.08 Å². The number of carboxylic acid groups (broad SMARTS) is 1. The van der Waals surface area contributed by atoms with E-state index in [1.807, 2.05) is 0 Å². The third-order valence-electron chi connectivity index (χ3n) is 1.46. The van der Waals surface area contributed by atoms with Crippen molar-refractivity contribution in [2.75, 3.05) is 7.11 Å². The van der Waals surface area contributed by atoms with Crippen LogP contribution in [-0.2, 0) is 14.3 Å². The van der Waals surface area contributed by atoms with Gasteiger partial charge in [0.25, 0.3) is 0 Å². The molecule has 0 unspecified atom stereocenters. The number of hydrogen-bond acceptors (Lipinski definition) is 3. The van der Waals surface area contributed by atoms with Crippen LogP contribution in [0.5, 0.6) is 0 Å². The molecule has 0 heterocycles. The summed E-state index contributed by atoms with van der Waals surface area (Å²) < 4.78 is 4.46. The molecule has 0 atom stereocenters. The molecule has 0 aliphatic rings. The molecule has 72 valence electrons. The number of methoxy groups -OCH3 is 1. The zero-order valence-corrected chi connectivity index (χ0v) is 7.83. The molecule has 0 amide bonds. The molecule has 0 radical (unpaired) electrons. The lowest BCUT2D eigenvalue weighted by Gasteiger charge is -2.03. The van der Waals surface area contributed by atoms with Crippen LogP contribution in [0.3, 0.4) is 0 Å². The molecule has 13 heavy (non-hydrogen) atoms. The molecule has 0 spiro atoms. The average molecular weight is 184 g/mol. The molecule has 0 aliphatic heterocycles. The van der Waals surface area contributed by atoms with Crippen molar-refractivity contribution in [1.82, 2.24) is 0 Å². The molecule has 0 aromatic carbocycles. The normalized spacial score (nSPS) is 12.5. The Bertz CT molecular complexity index is 273. The summed E-state index contributed by atoms with van der Waals surface area (Å²) >= 11 is 0. The lowest BCUT2D eigenvalue weighted by atomic mass is 10.1. The molecular formula is C9H12O4. The number of ether oxygens (including phenoxy) is 1. The zero-order valence-electron chi connectivity index (χ0n) is 7.83. The Morgan fingerprint density at radius 1 is 1.38 bits per heavy atom. The summed E-state index contributed by atoms with van der Waals surface area (Å²) in [6, 6.07) is 0. The fourth-order valence-electron chi connectivity index (χ4n) is 0.879. The van der Waals surface area contributed by atoms with Crippen LogP contribution in [0.1, 0.15) is 13.8 Å². The van der Waals surface area contributed by atoms with Crippen molar-refractivity contribution in [3.05, 3.63) is 23.3 Å². The third kappa shape index (κ3) is 3.55. The van der Waals surface area contributed by atoms with E-state index >= 15 is 0 Å². The summed E-state index contributed by atoms with van der Waals surface area (Å²) in [5.41, 5.74) is 0.645. The Balaban J connectivity index is 4.81. The van der Waals surface area contributed by atoms with E-state index in [4.69, 9.17) is 5.11 Å². The first-order valence-corrected chi connectivity index (χ1v) is 3.69. The Hall–Kier alpha value is -1.58. The minimum Gasteiger partial charge on any atom is -0.478 e. The Labute approximate surface area is 76.5 Å². The van der Waals surface area contributed by atoms with E-state index in [-0.39, 0.29) is 5.57 Å². The van der Waals surface area contributed by atoms with Crippen molar-refractivity contribution < 1.29 is 19.4 Å². The minimum absolute atomic E-state index is 0.268. The van der Waals surface area contributed by atoms with Gasteiger partial charge in [-0.3, -0.25) is 0 Å². The van der Waals surface area contributed by atoms with Crippen LogP contribution in [0.25, 0.3) is 0 Å². The zero-order chi connectivity index (χ0) is 10.4. The summed E-state index contributed by atoms with van der Waals surface area (Å²) in [5.74, 6) is -1.61. The predicted octanol–water partition coefficient (Wildman–Crippen LogP) is 1.14. The van der Waals surface area contributed by atoms with Crippen LogP contribution in [0, 0.1) is 0 Å². The first-order chi connectivity index (χ1) is 6.02. The molecular weight excluding hydrogens is 172 g/mol. The van der Waals surface area contributed by atoms with Crippen molar-refractivity contribution in [3.8, 4) is 0 Å². The number of carbonyl (C=O) groups is 2. The second-order valence-corrected chi connectivity index (χ2v) is 2.36. The van der Waals surface area contributed by atoms with E-state index in [0.29, 0.717) is 5.57 Å². The van der Waals surface area contributed by atoms with Gasteiger partial charge in [-0.05, 0) is 19.4 Å². The summed E-state index contributed by atoms with van der Waals surface area (Å²) in [6.07, 6.45) is 2.48. The molecule has 0 aromatic rings.